The Hall–Kier alpha value is -0.570. The Morgan fingerprint density at radius 1 is 1.41 bits per heavy atom. The molecular weight excluding hydrogens is 212 g/mol. The lowest BCUT2D eigenvalue weighted by atomic mass is 9.88. The molecule has 1 heterocycles. The van der Waals surface area contributed by atoms with Gasteiger partial charge in [0.05, 0.1) is 0 Å². The molecule has 2 unspecified atom stereocenters. The van der Waals surface area contributed by atoms with Gasteiger partial charge in [-0.25, -0.2) is 0 Å². The van der Waals surface area contributed by atoms with Crippen LogP contribution in [0.5, 0.6) is 0 Å². The normalized spacial score (nSPS) is 32.4. The Balaban J connectivity index is 1.76. The number of piperidine rings is 1. The summed E-state index contributed by atoms with van der Waals surface area (Å²) in [5.74, 6) is 0.516. The van der Waals surface area contributed by atoms with E-state index in [1.54, 1.807) is 0 Å². The van der Waals surface area contributed by atoms with Crippen LogP contribution >= 0.6 is 0 Å². The van der Waals surface area contributed by atoms with Crippen LogP contribution < -0.4 is 10.6 Å². The van der Waals surface area contributed by atoms with Crippen molar-refractivity contribution in [2.45, 2.75) is 58.4 Å². The average molecular weight is 238 g/mol. The first-order valence-electron chi connectivity index (χ1n) is 7.10. The molecule has 2 fully saturated rings. The third-order valence-electron chi connectivity index (χ3n) is 4.49. The highest BCUT2D eigenvalue weighted by Crippen LogP contribution is 2.36. The van der Waals surface area contributed by atoms with E-state index < -0.39 is 0 Å². The minimum absolute atomic E-state index is 0.233. The molecule has 2 rings (SSSR count). The molecule has 98 valence electrons. The molecule has 2 N–H and O–H groups in total. The summed E-state index contributed by atoms with van der Waals surface area (Å²) in [6, 6.07) is 0.488. The summed E-state index contributed by atoms with van der Waals surface area (Å²) >= 11 is 0. The van der Waals surface area contributed by atoms with Gasteiger partial charge in [-0.2, -0.15) is 0 Å². The van der Waals surface area contributed by atoms with Crippen molar-refractivity contribution in [2.75, 3.05) is 13.1 Å². The average Bonchev–Trinajstić information content (AvgIpc) is 2.74. The number of amides is 1. The van der Waals surface area contributed by atoms with E-state index in [1.807, 2.05) is 0 Å². The zero-order valence-electron chi connectivity index (χ0n) is 11.2. The molecule has 1 saturated carbocycles. The molecule has 0 spiro atoms. The van der Waals surface area contributed by atoms with Gasteiger partial charge in [-0.1, -0.05) is 19.8 Å². The number of carbonyl (C=O) groups excluding carboxylic acids is 1. The van der Waals surface area contributed by atoms with Crippen molar-refractivity contribution in [1.29, 1.82) is 0 Å². The second-order valence-electron chi connectivity index (χ2n) is 6.31. The van der Waals surface area contributed by atoms with Crippen LogP contribution in [0.1, 0.15) is 52.4 Å². The molecule has 1 aliphatic heterocycles. The summed E-state index contributed by atoms with van der Waals surface area (Å²) in [6.45, 7) is 6.34. The standard InChI is InChI=1S/C14H26N2O/c1-11-9-12(5-8-15-11)13(17)16-10-14(2)6-3-4-7-14/h11-12,15H,3-10H2,1-2H3,(H,16,17). The Bertz CT molecular complexity index is 271. The molecule has 0 radical (unpaired) electrons. The Morgan fingerprint density at radius 2 is 2.12 bits per heavy atom. The predicted molar refractivity (Wildman–Crippen MR) is 69.8 cm³/mol. The van der Waals surface area contributed by atoms with Gasteiger partial charge in [0, 0.05) is 18.5 Å². The van der Waals surface area contributed by atoms with Crippen molar-refractivity contribution in [3.8, 4) is 0 Å². The molecule has 0 bridgehead atoms. The van der Waals surface area contributed by atoms with Gasteiger partial charge in [-0.15, -0.1) is 0 Å². The number of nitrogens with one attached hydrogen (secondary N) is 2. The first kappa shape index (κ1) is 12.9. The number of hydrogen-bond donors (Lipinski definition) is 2. The number of hydrogen-bond acceptors (Lipinski definition) is 2. The highest BCUT2D eigenvalue weighted by molar-refractivity contribution is 5.78. The van der Waals surface area contributed by atoms with Gasteiger partial charge in [0.2, 0.25) is 5.91 Å². The highest BCUT2D eigenvalue weighted by Gasteiger charge is 2.30. The first-order chi connectivity index (χ1) is 8.09. The van der Waals surface area contributed by atoms with Gasteiger partial charge >= 0.3 is 0 Å². The van der Waals surface area contributed by atoms with Crippen LogP contribution in [0.3, 0.4) is 0 Å². The molecule has 17 heavy (non-hydrogen) atoms. The third kappa shape index (κ3) is 3.44. The Kier molecular flexibility index (Phi) is 4.08. The maximum atomic E-state index is 12.1. The van der Waals surface area contributed by atoms with Crippen molar-refractivity contribution in [3.63, 3.8) is 0 Å². The van der Waals surface area contributed by atoms with Crippen LogP contribution in [0.15, 0.2) is 0 Å². The highest BCUT2D eigenvalue weighted by atomic mass is 16.1. The topological polar surface area (TPSA) is 41.1 Å². The monoisotopic (exact) mass is 238 g/mol. The number of carbonyl (C=O) groups is 1. The van der Waals surface area contributed by atoms with Crippen LogP contribution in [0.4, 0.5) is 0 Å². The quantitative estimate of drug-likeness (QED) is 0.790. The second-order valence-corrected chi connectivity index (χ2v) is 6.31. The van der Waals surface area contributed by atoms with Crippen molar-refractivity contribution in [3.05, 3.63) is 0 Å². The molecule has 3 nitrogen and oxygen atoms in total. The molecule has 0 aromatic heterocycles. The van der Waals surface area contributed by atoms with Crippen molar-refractivity contribution in [2.24, 2.45) is 11.3 Å². The maximum Gasteiger partial charge on any atom is 0.223 e. The predicted octanol–water partition coefficient (Wildman–Crippen LogP) is 2.07. The lowest BCUT2D eigenvalue weighted by molar-refractivity contribution is -0.126. The minimum atomic E-state index is 0.233. The van der Waals surface area contributed by atoms with Gasteiger partial charge in [-0.05, 0) is 44.6 Å². The summed E-state index contributed by atoms with van der Waals surface area (Å²) in [5, 5.41) is 6.58. The fourth-order valence-corrected chi connectivity index (χ4v) is 3.22. The van der Waals surface area contributed by atoms with Crippen molar-refractivity contribution < 1.29 is 4.79 Å². The Labute approximate surface area is 105 Å². The largest absolute Gasteiger partial charge is 0.355 e. The summed E-state index contributed by atoms with van der Waals surface area (Å²) in [4.78, 5) is 12.1. The van der Waals surface area contributed by atoms with Gasteiger partial charge in [0.1, 0.15) is 0 Å². The van der Waals surface area contributed by atoms with E-state index in [2.05, 4.69) is 24.5 Å². The lowest BCUT2D eigenvalue weighted by Crippen LogP contribution is -2.44. The van der Waals surface area contributed by atoms with Crippen LogP contribution in [0, 0.1) is 11.3 Å². The summed E-state index contributed by atoms with van der Waals surface area (Å²) in [7, 11) is 0. The molecular formula is C14H26N2O. The van der Waals surface area contributed by atoms with E-state index in [0.717, 1.165) is 25.9 Å². The zero-order valence-corrected chi connectivity index (χ0v) is 11.2. The van der Waals surface area contributed by atoms with Crippen LogP contribution in [-0.2, 0) is 4.79 Å². The molecule has 3 heteroatoms. The summed E-state index contributed by atoms with van der Waals surface area (Å²) in [6.07, 6.45) is 7.19. The summed E-state index contributed by atoms with van der Waals surface area (Å²) < 4.78 is 0. The van der Waals surface area contributed by atoms with E-state index in [9.17, 15) is 4.79 Å². The molecule has 1 saturated heterocycles. The minimum Gasteiger partial charge on any atom is -0.355 e. The van der Waals surface area contributed by atoms with E-state index in [4.69, 9.17) is 0 Å². The van der Waals surface area contributed by atoms with Gasteiger partial charge < -0.3 is 10.6 Å². The maximum absolute atomic E-state index is 12.1. The van der Waals surface area contributed by atoms with E-state index in [-0.39, 0.29) is 11.8 Å². The zero-order chi connectivity index (χ0) is 12.3. The van der Waals surface area contributed by atoms with Gasteiger partial charge in [-0.3, -0.25) is 4.79 Å². The summed E-state index contributed by atoms with van der Waals surface area (Å²) in [5.41, 5.74) is 0.369. The molecule has 2 atom stereocenters. The first-order valence-corrected chi connectivity index (χ1v) is 7.10. The number of rotatable bonds is 3. The second kappa shape index (κ2) is 5.38. The van der Waals surface area contributed by atoms with Crippen LogP contribution in [-0.4, -0.2) is 25.0 Å². The fraction of sp³-hybridized carbons (Fsp3) is 0.929. The SMILES string of the molecule is CC1CC(C(=O)NCC2(C)CCCC2)CCN1. The fourth-order valence-electron chi connectivity index (χ4n) is 3.22. The van der Waals surface area contributed by atoms with Gasteiger partial charge in [0.25, 0.3) is 0 Å². The van der Waals surface area contributed by atoms with Crippen LogP contribution in [0.25, 0.3) is 0 Å². The molecule has 0 aromatic carbocycles. The molecule has 0 aromatic rings. The van der Waals surface area contributed by atoms with E-state index in [0.29, 0.717) is 11.5 Å². The molecule has 2 aliphatic rings. The van der Waals surface area contributed by atoms with Gasteiger partial charge in [0.15, 0.2) is 0 Å². The van der Waals surface area contributed by atoms with E-state index in [1.165, 1.54) is 25.7 Å². The smallest absolute Gasteiger partial charge is 0.223 e. The van der Waals surface area contributed by atoms with E-state index >= 15 is 0 Å². The molecule has 1 aliphatic carbocycles. The van der Waals surface area contributed by atoms with Crippen LogP contribution in [0.2, 0.25) is 0 Å². The molecule has 1 amide bonds. The third-order valence-corrected chi connectivity index (χ3v) is 4.49. The Morgan fingerprint density at radius 3 is 2.76 bits per heavy atom. The van der Waals surface area contributed by atoms with Crippen molar-refractivity contribution >= 4 is 5.91 Å². The lowest BCUT2D eigenvalue weighted by Gasteiger charge is -2.29. The van der Waals surface area contributed by atoms with Crippen molar-refractivity contribution in [1.82, 2.24) is 10.6 Å².